The summed E-state index contributed by atoms with van der Waals surface area (Å²) in [5, 5.41) is 40.0. The van der Waals surface area contributed by atoms with Gasteiger partial charge in [-0.1, -0.05) is 0 Å². The van der Waals surface area contributed by atoms with Gasteiger partial charge in [-0.25, -0.2) is 9.97 Å². The minimum Gasteiger partial charge on any atom is -0.349 e. The van der Waals surface area contributed by atoms with Crippen LogP contribution in [-0.2, 0) is 0 Å². The summed E-state index contributed by atoms with van der Waals surface area (Å²) in [7, 11) is 0. The molecule has 2 N–H and O–H groups in total. The molecule has 0 amide bonds. The van der Waals surface area contributed by atoms with E-state index in [9.17, 15) is 20.2 Å². The van der Waals surface area contributed by atoms with Crippen LogP contribution in [0.5, 0.6) is 0 Å². The van der Waals surface area contributed by atoms with E-state index in [0.717, 1.165) is 6.33 Å². The van der Waals surface area contributed by atoms with Crippen molar-refractivity contribution in [3.8, 4) is 12.1 Å². The molecule has 0 aliphatic heterocycles. The zero-order valence-electron chi connectivity index (χ0n) is 15.0. The quantitative estimate of drug-likeness (QED) is 0.442. The van der Waals surface area contributed by atoms with Gasteiger partial charge in [-0.15, -0.1) is 0 Å². The zero-order valence-corrected chi connectivity index (χ0v) is 15.0. The summed E-state index contributed by atoms with van der Waals surface area (Å²) in [6, 6.07) is 9.30. The van der Waals surface area contributed by atoms with Crippen LogP contribution in [0.1, 0.15) is 12.8 Å². The summed E-state index contributed by atoms with van der Waals surface area (Å²) in [5.41, 5.74) is 5.16. The van der Waals surface area contributed by atoms with E-state index < -0.39 is 15.5 Å². The van der Waals surface area contributed by atoms with Crippen molar-refractivity contribution in [2.24, 2.45) is 0 Å². The lowest BCUT2D eigenvalue weighted by molar-refractivity contribution is -0.384. The van der Waals surface area contributed by atoms with Crippen molar-refractivity contribution in [1.29, 1.82) is 10.5 Å². The molecule has 2 rings (SSSR count). The van der Waals surface area contributed by atoms with Gasteiger partial charge < -0.3 is 4.90 Å². The molecule has 0 atom stereocenters. The van der Waals surface area contributed by atoms with Crippen LogP contribution < -0.4 is 15.8 Å². The molecule has 1 aromatic carbocycles. The summed E-state index contributed by atoms with van der Waals surface area (Å²) in [5.74, 6) is -0.166. The molecular weight excluding hydrogens is 382 g/mol. The maximum absolute atomic E-state index is 11.7. The SMILES string of the molecule is N#CCCN(CCC#N)c1ncnc(NNc2ccc([N+](=O)[O-])cc2)c1[N+](=O)[O-]. The first-order chi connectivity index (χ1) is 14.0. The fourth-order valence-electron chi connectivity index (χ4n) is 2.35. The molecule has 0 unspecified atom stereocenters. The highest BCUT2D eigenvalue weighted by Crippen LogP contribution is 2.32. The molecule has 0 bridgehead atoms. The second-order valence-electron chi connectivity index (χ2n) is 5.51. The van der Waals surface area contributed by atoms with E-state index in [4.69, 9.17) is 10.5 Å². The molecule has 148 valence electrons. The summed E-state index contributed by atoms with van der Waals surface area (Å²) in [6.45, 7) is 0.316. The van der Waals surface area contributed by atoms with Gasteiger partial charge in [-0.05, 0) is 12.1 Å². The van der Waals surface area contributed by atoms with Crippen molar-refractivity contribution in [2.45, 2.75) is 12.8 Å². The highest BCUT2D eigenvalue weighted by molar-refractivity contribution is 5.71. The summed E-state index contributed by atoms with van der Waals surface area (Å²) in [6.07, 6.45) is 1.31. The number of nitrogens with zero attached hydrogens (tertiary/aromatic N) is 7. The topological polar surface area (TPSA) is 187 Å². The minimum atomic E-state index is -0.666. The van der Waals surface area contributed by atoms with Gasteiger partial charge in [0.15, 0.2) is 0 Å². The minimum absolute atomic E-state index is 0.0245. The van der Waals surface area contributed by atoms with Crippen LogP contribution in [0.3, 0.4) is 0 Å². The molecule has 1 heterocycles. The Bertz CT molecular complexity index is 948. The largest absolute Gasteiger partial charge is 0.355 e. The highest BCUT2D eigenvalue weighted by atomic mass is 16.6. The predicted octanol–water partition coefficient (Wildman–Crippen LogP) is 2.37. The van der Waals surface area contributed by atoms with E-state index in [-0.39, 0.29) is 43.3 Å². The molecular formula is C16H15N9O4. The van der Waals surface area contributed by atoms with Gasteiger partial charge >= 0.3 is 5.69 Å². The number of non-ortho nitro benzene ring substituents is 1. The molecule has 0 spiro atoms. The average molecular weight is 397 g/mol. The van der Waals surface area contributed by atoms with Crippen molar-refractivity contribution in [1.82, 2.24) is 9.97 Å². The molecule has 1 aromatic heterocycles. The average Bonchev–Trinajstić information content (AvgIpc) is 2.72. The Morgan fingerprint density at radius 1 is 0.966 bits per heavy atom. The molecule has 0 radical (unpaired) electrons. The normalized spacial score (nSPS) is 9.72. The van der Waals surface area contributed by atoms with Crippen molar-refractivity contribution in [3.63, 3.8) is 0 Å². The summed E-state index contributed by atoms with van der Waals surface area (Å²) < 4.78 is 0. The third-order valence-electron chi connectivity index (χ3n) is 3.68. The lowest BCUT2D eigenvalue weighted by Crippen LogP contribution is -2.28. The first-order valence-electron chi connectivity index (χ1n) is 8.22. The van der Waals surface area contributed by atoms with Crippen LogP contribution >= 0.6 is 0 Å². The molecule has 0 saturated heterocycles. The Morgan fingerprint density at radius 3 is 2.10 bits per heavy atom. The first kappa shape index (κ1) is 20.8. The zero-order chi connectivity index (χ0) is 21.2. The Balaban J connectivity index is 2.28. The van der Waals surface area contributed by atoms with E-state index in [1.807, 2.05) is 12.1 Å². The number of hydrogen-bond donors (Lipinski definition) is 2. The predicted molar refractivity (Wildman–Crippen MR) is 102 cm³/mol. The number of nitriles is 2. The van der Waals surface area contributed by atoms with Crippen molar-refractivity contribution < 1.29 is 9.85 Å². The van der Waals surface area contributed by atoms with Gasteiger partial charge in [-0.3, -0.25) is 31.1 Å². The molecule has 2 aromatic rings. The highest BCUT2D eigenvalue weighted by Gasteiger charge is 2.27. The Kier molecular flexibility index (Phi) is 7.15. The van der Waals surface area contributed by atoms with Crippen LogP contribution in [0.15, 0.2) is 30.6 Å². The first-order valence-corrected chi connectivity index (χ1v) is 8.22. The maximum atomic E-state index is 11.7. The van der Waals surface area contributed by atoms with Crippen molar-refractivity contribution >= 4 is 28.7 Å². The summed E-state index contributed by atoms with van der Waals surface area (Å²) in [4.78, 5) is 30.4. The van der Waals surface area contributed by atoms with Gasteiger partial charge in [0.25, 0.3) is 5.69 Å². The van der Waals surface area contributed by atoms with Crippen molar-refractivity contribution in [2.75, 3.05) is 28.8 Å². The number of rotatable bonds is 10. The second kappa shape index (κ2) is 9.98. The second-order valence-corrected chi connectivity index (χ2v) is 5.51. The number of hydrogen-bond acceptors (Lipinski definition) is 11. The van der Waals surface area contributed by atoms with Crippen LogP contribution in [-0.4, -0.2) is 32.9 Å². The van der Waals surface area contributed by atoms with E-state index in [0.29, 0.717) is 5.69 Å². The molecule has 13 nitrogen and oxygen atoms in total. The van der Waals surface area contributed by atoms with Gasteiger partial charge in [0.05, 0.1) is 40.5 Å². The number of aromatic nitrogens is 2. The molecule has 0 aliphatic rings. The number of nitro benzene ring substituents is 1. The number of hydrazine groups is 1. The monoisotopic (exact) mass is 397 g/mol. The van der Waals surface area contributed by atoms with Crippen LogP contribution in [0, 0.1) is 42.9 Å². The molecule has 0 aliphatic carbocycles. The number of anilines is 3. The maximum Gasteiger partial charge on any atom is 0.355 e. The van der Waals surface area contributed by atoms with E-state index in [1.54, 1.807) is 0 Å². The number of nitrogens with one attached hydrogen (secondary N) is 2. The van der Waals surface area contributed by atoms with Gasteiger partial charge in [-0.2, -0.15) is 10.5 Å². The van der Waals surface area contributed by atoms with Crippen LogP contribution in [0.2, 0.25) is 0 Å². The van der Waals surface area contributed by atoms with Crippen LogP contribution in [0.4, 0.5) is 28.7 Å². The Morgan fingerprint density at radius 2 is 1.59 bits per heavy atom. The summed E-state index contributed by atoms with van der Waals surface area (Å²) >= 11 is 0. The molecule has 13 heteroatoms. The number of nitro groups is 2. The molecule has 0 saturated carbocycles. The van der Waals surface area contributed by atoms with E-state index >= 15 is 0 Å². The molecule has 0 fully saturated rings. The lowest BCUT2D eigenvalue weighted by atomic mass is 10.3. The fourth-order valence-corrected chi connectivity index (χ4v) is 2.35. The Labute approximate surface area is 164 Å². The van der Waals surface area contributed by atoms with Gasteiger partial charge in [0.2, 0.25) is 11.6 Å². The van der Waals surface area contributed by atoms with E-state index in [2.05, 4.69) is 20.8 Å². The smallest absolute Gasteiger partial charge is 0.349 e. The van der Waals surface area contributed by atoms with E-state index in [1.165, 1.54) is 29.2 Å². The fraction of sp³-hybridized carbons (Fsp3) is 0.250. The van der Waals surface area contributed by atoms with Crippen molar-refractivity contribution in [3.05, 3.63) is 50.8 Å². The standard InChI is InChI=1S/C16H15N9O4/c17-7-1-9-23(10-2-8-18)16-14(25(28)29)15(19-11-20-16)22-21-12-3-5-13(6-4-12)24(26)27/h3-6,11,21H,1-2,9-10H2,(H,19,20,22). The third kappa shape index (κ3) is 5.48. The number of benzene rings is 1. The Hall–Kier alpha value is -4.52. The van der Waals surface area contributed by atoms with Gasteiger partial charge in [0, 0.05) is 25.2 Å². The van der Waals surface area contributed by atoms with Gasteiger partial charge in [0.1, 0.15) is 6.33 Å². The molecule has 29 heavy (non-hydrogen) atoms. The third-order valence-corrected chi connectivity index (χ3v) is 3.68. The lowest BCUT2D eigenvalue weighted by Gasteiger charge is -2.21. The van der Waals surface area contributed by atoms with Crippen LogP contribution in [0.25, 0.3) is 0 Å².